The second-order valence-electron chi connectivity index (χ2n) is 2.75. The van der Waals surface area contributed by atoms with Gasteiger partial charge >= 0.3 is 5.63 Å². The minimum absolute atomic E-state index is 0.295. The van der Waals surface area contributed by atoms with E-state index in [1.807, 2.05) is 25.1 Å². The maximum absolute atomic E-state index is 10.9. The van der Waals surface area contributed by atoms with E-state index in [4.69, 9.17) is 4.42 Å². The molecule has 0 aliphatic rings. The molecule has 0 aliphatic carbocycles. The van der Waals surface area contributed by atoms with E-state index >= 15 is 0 Å². The topological polar surface area (TPSA) is 30.2 Å². The number of benzene rings is 1. The van der Waals surface area contributed by atoms with Crippen LogP contribution in [0.3, 0.4) is 0 Å². The molecule has 1 heterocycles. The summed E-state index contributed by atoms with van der Waals surface area (Å²) in [5.74, 6) is 0. The molecule has 1 aromatic heterocycles. The standard InChI is InChI=1S/C10H8O2/c1-7-3-2-4-8-5-6-9(11)12-10(7)8/h2-6H,1H3. The van der Waals surface area contributed by atoms with Crippen molar-refractivity contribution in [2.45, 2.75) is 6.92 Å². The van der Waals surface area contributed by atoms with Gasteiger partial charge in [-0.2, -0.15) is 0 Å². The highest BCUT2D eigenvalue weighted by Crippen LogP contribution is 2.14. The van der Waals surface area contributed by atoms with Gasteiger partial charge in [0.2, 0.25) is 0 Å². The van der Waals surface area contributed by atoms with Gasteiger partial charge in [0.15, 0.2) is 0 Å². The first kappa shape index (κ1) is 7.10. The Labute approximate surface area is 69.4 Å². The zero-order valence-electron chi connectivity index (χ0n) is 6.70. The quantitative estimate of drug-likeness (QED) is 0.552. The van der Waals surface area contributed by atoms with Crippen LogP contribution < -0.4 is 5.63 Å². The van der Waals surface area contributed by atoms with Crippen molar-refractivity contribution in [3.05, 3.63) is 46.3 Å². The lowest BCUT2D eigenvalue weighted by Crippen LogP contribution is -1.94. The Morgan fingerprint density at radius 3 is 2.83 bits per heavy atom. The highest BCUT2D eigenvalue weighted by molar-refractivity contribution is 5.79. The number of hydrogen-bond donors (Lipinski definition) is 0. The molecular formula is C10H8O2. The first-order chi connectivity index (χ1) is 5.77. The third-order valence-electron chi connectivity index (χ3n) is 1.84. The lowest BCUT2D eigenvalue weighted by molar-refractivity contribution is 0.559. The SMILES string of the molecule is Cc1cccc2ccc(=O)oc12. The van der Waals surface area contributed by atoms with Gasteiger partial charge in [-0.15, -0.1) is 0 Å². The van der Waals surface area contributed by atoms with E-state index in [0.29, 0.717) is 5.58 Å². The molecule has 12 heavy (non-hydrogen) atoms. The summed E-state index contributed by atoms with van der Waals surface area (Å²) in [6, 6.07) is 8.99. The first-order valence-corrected chi connectivity index (χ1v) is 3.77. The van der Waals surface area contributed by atoms with Crippen LogP contribution in [0.2, 0.25) is 0 Å². The lowest BCUT2D eigenvalue weighted by atomic mass is 10.1. The second-order valence-corrected chi connectivity index (χ2v) is 2.75. The van der Waals surface area contributed by atoms with Crippen LogP contribution in [0.4, 0.5) is 0 Å². The predicted molar refractivity (Wildman–Crippen MR) is 47.2 cm³/mol. The van der Waals surface area contributed by atoms with Crippen molar-refractivity contribution in [1.29, 1.82) is 0 Å². The smallest absolute Gasteiger partial charge is 0.336 e. The Kier molecular flexibility index (Phi) is 1.47. The minimum atomic E-state index is -0.295. The van der Waals surface area contributed by atoms with Gasteiger partial charge in [-0.25, -0.2) is 4.79 Å². The molecule has 0 N–H and O–H groups in total. The summed E-state index contributed by atoms with van der Waals surface area (Å²) >= 11 is 0. The van der Waals surface area contributed by atoms with Crippen molar-refractivity contribution in [3.8, 4) is 0 Å². The average Bonchev–Trinajstić information content (AvgIpc) is 2.07. The molecule has 1 aromatic carbocycles. The van der Waals surface area contributed by atoms with Gasteiger partial charge in [-0.3, -0.25) is 0 Å². The summed E-state index contributed by atoms with van der Waals surface area (Å²) < 4.78 is 5.04. The molecule has 0 aliphatic heterocycles. The van der Waals surface area contributed by atoms with Gasteiger partial charge in [-0.1, -0.05) is 18.2 Å². The van der Waals surface area contributed by atoms with Gasteiger partial charge in [0, 0.05) is 11.5 Å². The molecule has 2 nitrogen and oxygen atoms in total. The molecule has 0 amide bonds. The van der Waals surface area contributed by atoms with Crippen LogP contribution in [0.5, 0.6) is 0 Å². The summed E-state index contributed by atoms with van der Waals surface area (Å²) in [4.78, 5) is 10.9. The van der Waals surface area contributed by atoms with Crippen LogP contribution in [0, 0.1) is 6.92 Å². The highest BCUT2D eigenvalue weighted by atomic mass is 16.4. The van der Waals surface area contributed by atoms with Crippen LogP contribution in [0.15, 0.2) is 39.5 Å². The Morgan fingerprint density at radius 2 is 2.00 bits per heavy atom. The Balaban J connectivity index is 2.97. The summed E-state index contributed by atoms with van der Waals surface area (Å²) in [5, 5.41) is 0.967. The molecule has 2 rings (SSSR count). The van der Waals surface area contributed by atoms with E-state index in [1.165, 1.54) is 6.07 Å². The molecule has 60 valence electrons. The van der Waals surface area contributed by atoms with E-state index in [-0.39, 0.29) is 5.63 Å². The Hall–Kier alpha value is -1.57. The summed E-state index contributed by atoms with van der Waals surface area (Å²) in [6.45, 7) is 1.92. The molecule has 0 atom stereocenters. The fourth-order valence-corrected chi connectivity index (χ4v) is 1.24. The van der Waals surface area contributed by atoms with Crippen LogP contribution in [-0.2, 0) is 0 Å². The van der Waals surface area contributed by atoms with E-state index in [9.17, 15) is 4.79 Å². The zero-order valence-corrected chi connectivity index (χ0v) is 6.70. The number of hydrogen-bond acceptors (Lipinski definition) is 2. The highest BCUT2D eigenvalue weighted by Gasteiger charge is 1.97. The van der Waals surface area contributed by atoms with Crippen molar-refractivity contribution >= 4 is 11.0 Å². The van der Waals surface area contributed by atoms with Crippen LogP contribution in [0.1, 0.15) is 5.56 Å². The lowest BCUT2D eigenvalue weighted by Gasteiger charge is -1.97. The third kappa shape index (κ3) is 1.01. The summed E-state index contributed by atoms with van der Waals surface area (Å²) in [7, 11) is 0. The Morgan fingerprint density at radius 1 is 1.17 bits per heavy atom. The monoisotopic (exact) mass is 160 g/mol. The molecule has 0 saturated heterocycles. The van der Waals surface area contributed by atoms with Crippen molar-refractivity contribution in [3.63, 3.8) is 0 Å². The number of para-hydroxylation sites is 1. The molecule has 0 fully saturated rings. The fraction of sp³-hybridized carbons (Fsp3) is 0.100. The molecule has 0 radical (unpaired) electrons. The van der Waals surface area contributed by atoms with E-state index in [0.717, 1.165) is 10.9 Å². The van der Waals surface area contributed by atoms with Crippen molar-refractivity contribution in [2.75, 3.05) is 0 Å². The van der Waals surface area contributed by atoms with Gasteiger partial charge < -0.3 is 4.42 Å². The average molecular weight is 160 g/mol. The van der Waals surface area contributed by atoms with Crippen molar-refractivity contribution in [1.82, 2.24) is 0 Å². The molecule has 0 saturated carbocycles. The predicted octanol–water partition coefficient (Wildman–Crippen LogP) is 2.10. The largest absolute Gasteiger partial charge is 0.422 e. The molecule has 0 spiro atoms. The van der Waals surface area contributed by atoms with E-state index in [1.54, 1.807) is 6.07 Å². The number of rotatable bonds is 0. The summed E-state index contributed by atoms with van der Waals surface area (Å²) in [5.41, 5.74) is 1.38. The van der Waals surface area contributed by atoms with E-state index < -0.39 is 0 Å². The zero-order chi connectivity index (χ0) is 8.55. The van der Waals surface area contributed by atoms with Gasteiger partial charge in [0.05, 0.1) is 0 Å². The number of fused-ring (bicyclic) bond motifs is 1. The number of aryl methyl sites for hydroxylation is 1. The van der Waals surface area contributed by atoms with Gasteiger partial charge in [0.25, 0.3) is 0 Å². The van der Waals surface area contributed by atoms with Crippen molar-refractivity contribution in [2.24, 2.45) is 0 Å². The van der Waals surface area contributed by atoms with Crippen molar-refractivity contribution < 1.29 is 4.42 Å². The molecule has 2 heteroatoms. The normalized spacial score (nSPS) is 10.4. The van der Waals surface area contributed by atoms with Gasteiger partial charge in [-0.05, 0) is 18.6 Å². The molecule has 2 aromatic rings. The molecule has 0 unspecified atom stereocenters. The van der Waals surface area contributed by atoms with Crippen LogP contribution in [0.25, 0.3) is 11.0 Å². The molecule has 0 bridgehead atoms. The molecular weight excluding hydrogens is 152 g/mol. The maximum atomic E-state index is 10.9. The van der Waals surface area contributed by atoms with Crippen LogP contribution in [-0.4, -0.2) is 0 Å². The first-order valence-electron chi connectivity index (χ1n) is 3.77. The minimum Gasteiger partial charge on any atom is -0.422 e. The van der Waals surface area contributed by atoms with Crippen LogP contribution >= 0.6 is 0 Å². The third-order valence-corrected chi connectivity index (χ3v) is 1.84. The Bertz CT molecular complexity index is 468. The maximum Gasteiger partial charge on any atom is 0.336 e. The summed E-state index contributed by atoms with van der Waals surface area (Å²) in [6.07, 6.45) is 0. The second kappa shape index (κ2) is 2.48. The fourth-order valence-electron chi connectivity index (χ4n) is 1.24. The van der Waals surface area contributed by atoms with E-state index in [2.05, 4.69) is 0 Å². The van der Waals surface area contributed by atoms with Gasteiger partial charge in [0.1, 0.15) is 5.58 Å².